The normalized spacial score (nSPS) is 10.1. The number of hydrogen-bond acceptors (Lipinski definition) is 4. The second-order valence-corrected chi connectivity index (χ2v) is 4.16. The van der Waals surface area contributed by atoms with Crippen LogP contribution in [0.2, 0.25) is 0 Å². The largest absolute Gasteiger partial charge is 0.298 e. The number of nitro groups is 1. The van der Waals surface area contributed by atoms with Crippen molar-refractivity contribution < 1.29 is 9.72 Å². The predicted molar refractivity (Wildman–Crippen MR) is 64.3 cm³/mol. The van der Waals surface area contributed by atoms with Gasteiger partial charge in [-0.25, -0.2) is 0 Å². The third-order valence-corrected chi connectivity index (χ3v) is 3.19. The summed E-state index contributed by atoms with van der Waals surface area (Å²) < 4.78 is 0. The molecule has 6 heteroatoms. The number of thioether (sulfide) groups is 1. The summed E-state index contributed by atoms with van der Waals surface area (Å²) in [6, 6.07) is 4.72. The summed E-state index contributed by atoms with van der Waals surface area (Å²) >= 11 is 6.68. The number of nitrogens with zero attached hydrogens (tertiary/aromatic N) is 1. The molecule has 0 N–H and O–H groups in total. The van der Waals surface area contributed by atoms with Gasteiger partial charge in [-0.3, -0.25) is 14.9 Å². The lowest BCUT2D eigenvalue weighted by Gasteiger charge is -2.06. The van der Waals surface area contributed by atoms with E-state index in [-0.39, 0.29) is 23.8 Å². The van der Waals surface area contributed by atoms with Crippen LogP contribution in [0.15, 0.2) is 23.1 Å². The zero-order chi connectivity index (χ0) is 12.1. The molecule has 0 aliphatic carbocycles. The molecule has 0 amide bonds. The highest BCUT2D eigenvalue weighted by Crippen LogP contribution is 2.31. The van der Waals surface area contributed by atoms with Crippen molar-refractivity contribution in [2.24, 2.45) is 0 Å². The summed E-state index contributed by atoms with van der Waals surface area (Å²) in [5, 5.41) is 10.8. The maximum atomic E-state index is 11.2. The fraction of sp³-hybridized carbons (Fsp3) is 0.300. The van der Waals surface area contributed by atoms with Crippen LogP contribution < -0.4 is 0 Å². The van der Waals surface area contributed by atoms with Gasteiger partial charge in [0, 0.05) is 12.5 Å². The molecule has 0 aliphatic heterocycles. The Morgan fingerprint density at radius 2 is 2.25 bits per heavy atom. The minimum Gasteiger partial charge on any atom is -0.298 e. The van der Waals surface area contributed by atoms with Gasteiger partial charge in [0.05, 0.1) is 15.7 Å². The number of carbonyl (C=O) groups excluding carboxylic acids is 1. The first-order valence-electron chi connectivity index (χ1n) is 4.48. The van der Waals surface area contributed by atoms with Crippen LogP contribution in [0.3, 0.4) is 0 Å². The zero-order valence-electron chi connectivity index (χ0n) is 8.60. The maximum absolute atomic E-state index is 11.2. The molecule has 0 saturated carbocycles. The molecule has 86 valence electrons. The molecule has 0 aromatic heterocycles. The Kier molecular flexibility index (Phi) is 4.76. The van der Waals surface area contributed by atoms with Gasteiger partial charge in [0.2, 0.25) is 0 Å². The number of halogens is 1. The molecule has 1 aromatic carbocycles. The summed E-state index contributed by atoms with van der Waals surface area (Å²) in [5.74, 6) is -0.214. The van der Waals surface area contributed by atoms with Crippen molar-refractivity contribution in [3.05, 3.63) is 33.9 Å². The van der Waals surface area contributed by atoms with Crippen LogP contribution in [0.5, 0.6) is 0 Å². The molecular formula is C10H10ClNO3S. The molecule has 0 fully saturated rings. The molecule has 1 aromatic rings. The molecule has 0 atom stereocenters. The van der Waals surface area contributed by atoms with Crippen LogP contribution in [0.25, 0.3) is 0 Å². The number of ketones is 1. The first-order valence-corrected chi connectivity index (χ1v) is 6.24. The summed E-state index contributed by atoms with van der Waals surface area (Å²) in [4.78, 5) is 22.1. The lowest BCUT2D eigenvalue weighted by Crippen LogP contribution is -2.05. The van der Waals surface area contributed by atoms with Crippen LogP contribution in [0, 0.1) is 10.1 Å². The van der Waals surface area contributed by atoms with Crippen LogP contribution in [0.4, 0.5) is 5.69 Å². The van der Waals surface area contributed by atoms with Gasteiger partial charge in [0.15, 0.2) is 5.78 Å². The second kappa shape index (κ2) is 5.86. The van der Waals surface area contributed by atoms with Crippen molar-refractivity contribution in [2.75, 3.05) is 12.1 Å². The van der Waals surface area contributed by atoms with Crippen molar-refractivity contribution in [3.63, 3.8) is 0 Å². The SMILES string of the molecule is CSc1c(CC(=O)CCl)cccc1[N+](=O)[O-]. The van der Waals surface area contributed by atoms with E-state index < -0.39 is 4.92 Å². The molecule has 0 saturated heterocycles. The maximum Gasteiger partial charge on any atom is 0.283 e. The van der Waals surface area contributed by atoms with E-state index in [9.17, 15) is 14.9 Å². The van der Waals surface area contributed by atoms with Crippen molar-refractivity contribution in [2.45, 2.75) is 11.3 Å². The lowest BCUT2D eigenvalue weighted by molar-refractivity contribution is -0.387. The summed E-state index contributed by atoms with van der Waals surface area (Å²) in [6.45, 7) is 0. The predicted octanol–water partition coefficient (Wildman–Crippen LogP) is 2.67. The number of benzene rings is 1. The number of hydrogen-bond donors (Lipinski definition) is 0. The van der Waals surface area contributed by atoms with E-state index in [0.717, 1.165) is 0 Å². The van der Waals surface area contributed by atoms with E-state index in [4.69, 9.17) is 11.6 Å². The second-order valence-electron chi connectivity index (χ2n) is 3.08. The number of carbonyl (C=O) groups is 1. The Hall–Kier alpha value is -1.07. The van der Waals surface area contributed by atoms with Gasteiger partial charge in [0.25, 0.3) is 5.69 Å². The van der Waals surface area contributed by atoms with Crippen LogP contribution in [-0.2, 0) is 11.2 Å². The molecule has 4 nitrogen and oxygen atoms in total. The molecule has 0 heterocycles. The number of alkyl halides is 1. The number of nitro benzene ring substituents is 1. The average molecular weight is 260 g/mol. The highest BCUT2D eigenvalue weighted by molar-refractivity contribution is 7.98. The molecule has 16 heavy (non-hydrogen) atoms. The van der Waals surface area contributed by atoms with Crippen molar-refractivity contribution in [1.29, 1.82) is 0 Å². The van der Waals surface area contributed by atoms with E-state index in [1.807, 2.05) is 0 Å². The molecular weight excluding hydrogens is 250 g/mol. The first kappa shape index (κ1) is 13.0. The van der Waals surface area contributed by atoms with Crippen LogP contribution in [0.1, 0.15) is 5.56 Å². The minimum atomic E-state index is -0.444. The van der Waals surface area contributed by atoms with E-state index in [1.54, 1.807) is 18.4 Å². The van der Waals surface area contributed by atoms with Crippen molar-refractivity contribution in [1.82, 2.24) is 0 Å². The van der Waals surface area contributed by atoms with Gasteiger partial charge in [-0.15, -0.1) is 23.4 Å². The third-order valence-electron chi connectivity index (χ3n) is 2.01. The fourth-order valence-electron chi connectivity index (χ4n) is 1.35. The van der Waals surface area contributed by atoms with Crippen molar-refractivity contribution >= 4 is 34.8 Å². The Labute approximate surface area is 102 Å². The summed E-state index contributed by atoms with van der Waals surface area (Å²) in [7, 11) is 0. The van der Waals surface area contributed by atoms with Gasteiger partial charge in [-0.05, 0) is 11.8 Å². The van der Waals surface area contributed by atoms with Crippen molar-refractivity contribution in [3.8, 4) is 0 Å². The van der Waals surface area contributed by atoms with E-state index >= 15 is 0 Å². The Morgan fingerprint density at radius 3 is 2.75 bits per heavy atom. The van der Waals surface area contributed by atoms with Gasteiger partial charge in [-0.1, -0.05) is 12.1 Å². The fourth-order valence-corrected chi connectivity index (χ4v) is 2.20. The van der Waals surface area contributed by atoms with E-state index in [1.165, 1.54) is 17.8 Å². The highest BCUT2D eigenvalue weighted by atomic mass is 35.5. The number of Topliss-reactive ketones (excluding diaryl/α,β-unsaturated/α-hetero) is 1. The van der Waals surface area contributed by atoms with Gasteiger partial charge >= 0.3 is 0 Å². The Bertz CT molecular complexity index is 423. The molecule has 0 aliphatic rings. The highest BCUT2D eigenvalue weighted by Gasteiger charge is 2.17. The monoisotopic (exact) mass is 259 g/mol. The van der Waals surface area contributed by atoms with E-state index in [0.29, 0.717) is 10.5 Å². The Balaban J connectivity index is 3.13. The topological polar surface area (TPSA) is 60.2 Å². The first-order chi connectivity index (χ1) is 7.60. The standard InChI is InChI=1S/C10H10ClNO3S/c1-16-10-7(5-8(13)6-11)3-2-4-9(10)12(14)15/h2-4H,5-6H2,1H3. The number of rotatable bonds is 5. The summed E-state index contributed by atoms with van der Waals surface area (Å²) in [5.41, 5.74) is 0.694. The van der Waals surface area contributed by atoms with Gasteiger partial charge < -0.3 is 0 Å². The smallest absolute Gasteiger partial charge is 0.283 e. The average Bonchev–Trinajstić information content (AvgIpc) is 2.28. The quantitative estimate of drug-likeness (QED) is 0.353. The minimum absolute atomic E-state index is 0.0346. The third kappa shape index (κ3) is 2.96. The molecule has 0 spiro atoms. The Morgan fingerprint density at radius 1 is 1.56 bits per heavy atom. The molecule has 0 bridgehead atoms. The van der Waals surface area contributed by atoms with Gasteiger partial charge in [-0.2, -0.15) is 0 Å². The summed E-state index contributed by atoms with van der Waals surface area (Å²) in [6.07, 6.45) is 1.89. The molecule has 0 radical (unpaired) electrons. The van der Waals surface area contributed by atoms with Crippen LogP contribution in [-0.4, -0.2) is 22.8 Å². The zero-order valence-corrected chi connectivity index (χ0v) is 10.2. The lowest BCUT2D eigenvalue weighted by atomic mass is 10.1. The van der Waals surface area contributed by atoms with Crippen LogP contribution >= 0.6 is 23.4 Å². The molecule has 0 unspecified atom stereocenters. The van der Waals surface area contributed by atoms with Gasteiger partial charge in [0.1, 0.15) is 0 Å². The molecule has 1 rings (SSSR count). The van der Waals surface area contributed by atoms with E-state index in [2.05, 4.69) is 0 Å².